The molecular weight excluding hydrogens is 344 g/mol. The quantitative estimate of drug-likeness (QED) is 0.774. The zero-order valence-electron chi connectivity index (χ0n) is 12.4. The van der Waals surface area contributed by atoms with Crippen LogP contribution in [0.15, 0.2) is 34.8 Å². The second-order valence-corrected chi connectivity index (χ2v) is 7.09. The first-order chi connectivity index (χ1) is 10.4. The average Bonchev–Trinajstić information content (AvgIpc) is 3.06. The molecule has 3 rings (SSSR count). The molecule has 4 nitrogen and oxygen atoms in total. The van der Waals surface area contributed by atoms with E-state index in [1.807, 2.05) is 49.3 Å². The molecule has 114 valence electrons. The number of aliphatic carboxylic acids is 1. The van der Waals surface area contributed by atoms with Crippen LogP contribution >= 0.6 is 15.9 Å². The summed E-state index contributed by atoms with van der Waals surface area (Å²) in [5, 5.41) is 21.5. The Labute approximate surface area is 138 Å². The van der Waals surface area contributed by atoms with Crippen LogP contribution in [0.1, 0.15) is 17.9 Å². The molecule has 0 radical (unpaired) electrons. The van der Waals surface area contributed by atoms with Crippen LogP contribution in [0.3, 0.4) is 0 Å². The molecule has 5 heteroatoms. The molecule has 22 heavy (non-hydrogen) atoms. The Balaban J connectivity index is 2.13. The lowest BCUT2D eigenvalue weighted by Crippen LogP contribution is -2.48. The predicted octanol–water partition coefficient (Wildman–Crippen LogP) is 2.06. The van der Waals surface area contributed by atoms with Crippen molar-refractivity contribution in [3.05, 3.63) is 40.4 Å². The maximum Gasteiger partial charge on any atom is 0.110 e. The van der Waals surface area contributed by atoms with Gasteiger partial charge in [-0.3, -0.25) is 0 Å². The van der Waals surface area contributed by atoms with Gasteiger partial charge in [0.25, 0.3) is 0 Å². The Hall–Kier alpha value is -1.80. The summed E-state index contributed by atoms with van der Waals surface area (Å²) in [6, 6.07) is 7.91. The average molecular weight is 360 g/mol. The van der Waals surface area contributed by atoms with Gasteiger partial charge in [-0.1, -0.05) is 34.1 Å². The molecule has 0 aliphatic heterocycles. The van der Waals surface area contributed by atoms with Gasteiger partial charge < -0.3 is 14.8 Å². The van der Waals surface area contributed by atoms with Crippen molar-refractivity contribution < 1.29 is 9.90 Å². The van der Waals surface area contributed by atoms with Crippen molar-refractivity contribution in [2.45, 2.75) is 12.3 Å². The number of halogens is 1. The third kappa shape index (κ3) is 1.90. The number of carbonyl (C=O) groups excluding carboxylic acids is 1. The van der Waals surface area contributed by atoms with E-state index in [1.54, 1.807) is 0 Å². The third-order valence-electron chi connectivity index (χ3n) is 4.98. The van der Waals surface area contributed by atoms with E-state index < -0.39 is 11.4 Å². The second kappa shape index (κ2) is 5.13. The number of benzene rings is 1. The SMILES string of the molecule is CN(C)c1ccc([C@H]2[C@H]3C=C[C@@H](C3)[C@@]2(C#N)C(=O)[O-])c(Br)c1. The molecule has 0 N–H and O–H groups in total. The van der Waals surface area contributed by atoms with Gasteiger partial charge in [0.15, 0.2) is 0 Å². The Morgan fingerprint density at radius 2 is 2.18 bits per heavy atom. The van der Waals surface area contributed by atoms with E-state index in [-0.39, 0.29) is 17.8 Å². The molecular formula is C17H16BrN2O2-. The zero-order chi connectivity index (χ0) is 16.1. The van der Waals surface area contributed by atoms with Gasteiger partial charge in [0.2, 0.25) is 0 Å². The summed E-state index contributed by atoms with van der Waals surface area (Å²) in [6.07, 6.45) is 4.61. The van der Waals surface area contributed by atoms with Gasteiger partial charge in [-0.05, 0) is 30.0 Å². The molecule has 2 aliphatic carbocycles. The van der Waals surface area contributed by atoms with Crippen molar-refractivity contribution >= 4 is 27.6 Å². The van der Waals surface area contributed by atoms with Crippen LogP contribution in [-0.4, -0.2) is 20.1 Å². The zero-order valence-corrected chi connectivity index (χ0v) is 14.0. The lowest BCUT2D eigenvalue weighted by Gasteiger charge is -2.37. The van der Waals surface area contributed by atoms with E-state index in [1.165, 1.54) is 0 Å². The molecule has 1 fully saturated rings. The third-order valence-corrected chi connectivity index (χ3v) is 5.67. The number of anilines is 1. The molecule has 0 spiro atoms. The number of carboxylic acids is 1. The first-order valence-corrected chi connectivity index (χ1v) is 7.99. The van der Waals surface area contributed by atoms with Crippen molar-refractivity contribution in [1.82, 2.24) is 0 Å². The van der Waals surface area contributed by atoms with Crippen molar-refractivity contribution in [3.8, 4) is 6.07 Å². The minimum atomic E-state index is -1.47. The standard InChI is InChI=1S/C17H17BrN2O2/c1-20(2)12-5-6-13(14(18)8-12)15-10-3-4-11(7-10)17(15,9-19)16(21)22/h3-6,8,10-11,15H,7H2,1-2H3,(H,21,22)/p-1/t10-,11-,15+,17+/m0/s1. The van der Waals surface area contributed by atoms with Crippen molar-refractivity contribution in [2.75, 3.05) is 19.0 Å². The maximum absolute atomic E-state index is 11.8. The highest BCUT2D eigenvalue weighted by Crippen LogP contribution is 2.61. The maximum atomic E-state index is 11.8. The summed E-state index contributed by atoms with van der Waals surface area (Å²) in [4.78, 5) is 13.8. The lowest BCUT2D eigenvalue weighted by molar-refractivity contribution is -0.318. The summed E-state index contributed by atoms with van der Waals surface area (Å²) < 4.78 is 0.838. The first-order valence-electron chi connectivity index (χ1n) is 7.19. The molecule has 0 saturated heterocycles. The lowest BCUT2D eigenvalue weighted by atomic mass is 9.67. The number of fused-ring (bicyclic) bond motifs is 2. The smallest absolute Gasteiger partial charge is 0.110 e. The summed E-state index contributed by atoms with van der Waals surface area (Å²) >= 11 is 3.55. The highest BCUT2D eigenvalue weighted by Gasteiger charge is 2.58. The van der Waals surface area contributed by atoms with Crippen LogP contribution < -0.4 is 10.0 Å². The van der Waals surface area contributed by atoms with Crippen molar-refractivity contribution in [1.29, 1.82) is 5.26 Å². The van der Waals surface area contributed by atoms with E-state index in [0.717, 1.165) is 15.7 Å². The Kier molecular flexibility index (Phi) is 3.53. The van der Waals surface area contributed by atoms with Gasteiger partial charge >= 0.3 is 0 Å². The van der Waals surface area contributed by atoms with Gasteiger partial charge in [-0.15, -0.1) is 0 Å². The normalized spacial score (nSPS) is 32.0. The van der Waals surface area contributed by atoms with Crippen LogP contribution in [0.2, 0.25) is 0 Å². The molecule has 1 aromatic rings. The molecule has 4 atom stereocenters. The Morgan fingerprint density at radius 1 is 1.45 bits per heavy atom. The fourth-order valence-corrected chi connectivity index (χ4v) is 4.49. The summed E-state index contributed by atoms with van der Waals surface area (Å²) in [5.41, 5.74) is 0.417. The highest BCUT2D eigenvalue weighted by molar-refractivity contribution is 9.10. The monoisotopic (exact) mass is 359 g/mol. The van der Waals surface area contributed by atoms with Crippen LogP contribution in [-0.2, 0) is 4.79 Å². The van der Waals surface area contributed by atoms with Gasteiger partial charge in [0.05, 0.1) is 12.0 Å². The number of carboxylic acid groups (broad SMARTS) is 1. The minimum Gasteiger partial charge on any atom is -0.548 e. The first kappa shape index (κ1) is 15.1. The van der Waals surface area contributed by atoms with E-state index in [0.29, 0.717) is 6.42 Å². The number of hydrogen-bond acceptors (Lipinski definition) is 4. The van der Waals surface area contributed by atoms with Gasteiger partial charge in [0, 0.05) is 36.1 Å². The Morgan fingerprint density at radius 3 is 2.73 bits per heavy atom. The Bertz CT molecular complexity index is 707. The van der Waals surface area contributed by atoms with E-state index in [9.17, 15) is 15.2 Å². The van der Waals surface area contributed by atoms with Crippen LogP contribution in [0, 0.1) is 28.6 Å². The molecule has 2 aliphatic rings. The van der Waals surface area contributed by atoms with Crippen LogP contribution in [0.5, 0.6) is 0 Å². The van der Waals surface area contributed by atoms with Crippen LogP contribution in [0.4, 0.5) is 5.69 Å². The number of nitrogens with zero attached hydrogens (tertiary/aromatic N) is 2. The van der Waals surface area contributed by atoms with Crippen molar-refractivity contribution in [3.63, 3.8) is 0 Å². The second-order valence-electron chi connectivity index (χ2n) is 6.24. The van der Waals surface area contributed by atoms with Crippen LogP contribution in [0.25, 0.3) is 0 Å². The highest BCUT2D eigenvalue weighted by atomic mass is 79.9. The fourth-order valence-electron chi connectivity index (χ4n) is 3.88. The molecule has 0 unspecified atom stereocenters. The van der Waals surface area contributed by atoms with E-state index in [4.69, 9.17) is 0 Å². The predicted molar refractivity (Wildman–Crippen MR) is 85.0 cm³/mol. The number of nitriles is 1. The molecule has 2 bridgehead atoms. The fraction of sp³-hybridized carbons (Fsp3) is 0.412. The summed E-state index contributed by atoms with van der Waals surface area (Å²) in [6.45, 7) is 0. The number of allylic oxidation sites excluding steroid dienone is 2. The number of hydrogen-bond donors (Lipinski definition) is 0. The molecule has 1 saturated carbocycles. The molecule has 0 heterocycles. The van der Waals surface area contributed by atoms with Crippen molar-refractivity contribution in [2.24, 2.45) is 17.3 Å². The summed E-state index contributed by atoms with van der Waals surface area (Å²) in [7, 11) is 3.89. The molecule has 0 amide bonds. The largest absolute Gasteiger partial charge is 0.548 e. The topological polar surface area (TPSA) is 67.2 Å². The summed E-state index contributed by atoms with van der Waals surface area (Å²) in [5.74, 6) is -1.83. The van der Waals surface area contributed by atoms with Gasteiger partial charge in [-0.2, -0.15) is 5.26 Å². The minimum absolute atomic E-state index is 0.0732. The number of carbonyl (C=O) groups is 1. The number of rotatable bonds is 3. The van der Waals surface area contributed by atoms with Gasteiger partial charge in [-0.25, -0.2) is 0 Å². The molecule has 0 aromatic heterocycles. The van der Waals surface area contributed by atoms with E-state index >= 15 is 0 Å². The molecule has 1 aromatic carbocycles. The van der Waals surface area contributed by atoms with Gasteiger partial charge in [0.1, 0.15) is 5.41 Å². The van der Waals surface area contributed by atoms with E-state index in [2.05, 4.69) is 22.0 Å².